The maximum absolute atomic E-state index is 10.9. The van der Waals surface area contributed by atoms with Gasteiger partial charge in [-0.2, -0.15) is 0 Å². The molecule has 0 unspecified atom stereocenters. The molecule has 6 heteroatoms. The fourth-order valence-electron chi connectivity index (χ4n) is 1.89. The van der Waals surface area contributed by atoms with E-state index in [1.807, 2.05) is 11.9 Å². The molecule has 1 aromatic rings. The molecule has 1 aromatic carbocycles. The van der Waals surface area contributed by atoms with Crippen LogP contribution in [0.15, 0.2) is 24.3 Å². The van der Waals surface area contributed by atoms with Gasteiger partial charge in [-0.05, 0) is 24.1 Å². The van der Waals surface area contributed by atoms with Crippen molar-refractivity contribution in [3.63, 3.8) is 0 Å². The third kappa shape index (κ3) is 4.38. The number of carbonyl (C=O) groups is 1. The van der Waals surface area contributed by atoms with Crippen LogP contribution in [0.25, 0.3) is 6.08 Å². The number of aliphatic carboxylic acids is 1. The van der Waals surface area contributed by atoms with Gasteiger partial charge in [0.05, 0.1) is 10.5 Å². The molecule has 0 aliphatic heterocycles. The van der Waals surface area contributed by atoms with Gasteiger partial charge in [0.2, 0.25) is 0 Å². The van der Waals surface area contributed by atoms with E-state index in [0.717, 1.165) is 18.3 Å². The van der Waals surface area contributed by atoms with Gasteiger partial charge in [-0.1, -0.05) is 13.8 Å². The number of carboxylic acid groups (broad SMARTS) is 1. The highest BCUT2D eigenvalue weighted by molar-refractivity contribution is 5.86. The molecule has 0 bridgehead atoms. The van der Waals surface area contributed by atoms with E-state index in [9.17, 15) is 14.9 Å². The predicted octanol–water partition coefficient (Wildman–Crippen LogP) is 2.78. The van der Waals surface area contributed by atoms with Crippen molar-refractivity contribution >= 4 is 23.4 Å². The molecular formula is C14H18N2O4. The van der Waals surface area contributed by atoms with E-state index < -0.39 is 10.9 Å². The summed E-state index contributed by atoms with van der Waals surface area (Å²) < 4.78 is 0. The molecule has 0 saturated heterocycles. The lowest BCUT2D eigenvalue weighted by Crippen LogP contribution is -2.22. The van der Waals surface area contributed by atoms with Gasteiger partial charge in [-0.25, -0.2) is 4.79 Å². The minimum Gasteiger partial charge on any atom is -0.478 e. The van der Waals surface area contributed by atoms with Gasteiger partial charge < -0.3 is 10.0 Å². The van der Waals surface area contributed by atoms with E-state index in [1.165, 1.54) is 12.1 Å². The molecule has 1 rings (SSSR count). The first-order valence-electron chi connectivity index (χ1n) is 6.22. The topological polar surface area (TPSA) is 83.7 Å². The number of rotatable bonds is 6. The number of hydrogen-bond acceptors (Lipinski definition) is 4. The molecule has 0 aliphatic carbocycles. The van der Waals surface area contributed by atoms with Crippen LogP contribution < -0.4 is 4.90 Å². The Morgan fingerprint density at radius 2 is 2.15 bits per heavy atom. The Morgan fingerprint density at radius 1 is 1.50 bits per heavy atom. The Labute approximate surface area is 117 Å². The molecule has 0 aromatic heterocycles. The van der Waals surface area contributed by atoms with Crippen molar-refractivity contribution in [3.05, 3.63) is 40.0 Å². The summed E-state index contributed by atoms with van der Waals surface area (Å²) in [4.78, 5) is 22.9. The second-order valence-corrected chi connectivity index (χ2v) is 4.95. The summed E-state index contributed by atoms with van der Waals surface area (Å²) in [6.45, 7) is 4.96. The van der Waals surface area contributed by atoms with E-state index in [2.05, 4.69) is 13.8 Å². The maximum atomic E-state index is 10.9. The van der Waals surface area contributed by atoms with E-state index in [-0.39, 0.29) is 11.3 Å². The third-order valence-corrected chi connectivity index (χ3v) is 2.69. The molecule has 0 spiro atoms. The Balaban J connectivity index is 3.16. The Morgan fingerprint density at radius 3 is 2.65 bits per heavy atom. The lowest BCUT2D eigenvalue weighted by Gasteiger charge is -2.21. The monoisotopic (exact) mass is 278 g/mol. The summed E-state index contributed by atoms with van der Waals surface area (Å²) in [7, 11) is 1.89. The molecule has 0 saturated carbocycles. The maximum Gasteiger partial charge on any atom is 0.328 e. The van der Waals surface area contributed by atoms with Crippen molar-refractivity contribution in [2.75, 3.05) is 18.5 Å². The molecule has 0 aliphatic rings. The number of nitrogens with zero attached hydrogens (tertiary/aromatic N) is 2. The molecule has 0 atom stereocenters. The number of hydrogen-bond donors (Lipinski definition) is 1. The fourth-order valence-corrected chi connectivity index (χ4v) is 1.89. The Hall–Kier alpha value is -2.37. The lowest BCUT2D eigenvalue weighted by atomic mass is 10.1. The Kier molecular flexibility index (Phi) is 5.25. The van der Waals surface area contributed by atoms with E-state index >= 15 is 0 Å². The van der Waals surface area contributed by atoms with Gasteiger partial charge in [0.1, 0.15) is 0 Å². The number of benzene rings is 1. The second kappa shape index (κ2) is 6.70. The molecule has 6 nitrogen and oxygen atoms in total. The van der Waals surface area contributed by atoms with Crippen molar-refractivity contribution in [2.45, 2.75) is 13.8 Å². The molecule has 0 radical (unpaired) electrons. The van der Waals surface area contributed by atoms with Gasteiger partial charge >= 0.3 is 5.97 Å². The largest absolute Gasteiger partial charge is 0.478 e. The summed E-state index contributed by atoms with van der Waals surface area (Å²) >= 11 is 0. The van der Waals surface area contributed by atoms with Crippen LogP contribution in [0.4, 0.5) is 11.4 Å². The zero-order valence-electron chi connectivity index (χ0n) is 11.7. The van der Waals surface area contributed by atoms with Crippen LogP contribution in [0.2, 0.25) is 0 Å². The highest BCUT2D eigenvalue weighted by Gasteiger charge is 2.14. The standard InChI is InChI=1S/C14H18N2O4/c1-10(2)9-15(3)12-5-6-13(16(19)20)11(8-12)4-7-14(17)18/h4-8,10H,9H2,1-3H3,(H,17,18)/b7-4+. The SMILES string of the molecule is CC(C)CN(C)c1ccc([N+](=O)[O-])c(/C=C/C(=O)O)c1. The van der Waals surface area contributed by atoms with Crippen LogP contribution in [0, 0.1) is 16.0 Å². The molecule has 20 heavy (non-hydrogen) atoms. The highest BCUT2D eigenvalue weighted by atomic mass is 16.6. The second-order valence-electron chi connectivity index (χ2n) is 4.95. The zero-order chi connectivity index (χ0) is 15.3. The quantitative estimate of drug-likeness (QED) is 0.491. The first kappa shape index (κ1) is 15.7. The first-order valence-corrected chi connectivity index (χ1v) is 6.22. The van der Waals surface area contributed by atoms with E-state index in [1.54, 1.807) is 12.1 Å². The van der Waals surface area contributed by atoms with Crippen molar-refractivity contribution in [1.82, 2.24) is 0 Å². The molecule has 108 valence electrons. The van der Waals surface area contributed by atoms with Crippen LogP contribution in [0.3, 0.4) is 0 Å². The minimum atomic E-state index is -1.14. The molecule has 0 fully saturated rings. The summed E-state index contributed by atoms with van der Waals surface area (Å²) in [5.41, 5.74) is 0.990. The van der Waals surface area contributed by atoms with Crippen molar-refractivity contribution in [1.29, 1.82) is 0 Å². The first-order chi connectivity index (χ1) is 9.31. The third-order valence-electron chi connectivity index (χ3n) is 2.69. The van der Waals surface area contributed by atoms with Crippen LogP contribution >= 0.6 is 0 Å². The average Bonchev–Trinajstić information content (AvgIpc) is 2.34. The van der Waals surface area contributed by atoms with Crippen molar-refractivity contribution in [3.8, 4) is 0 Å². The lowest BCUT2D eigenvalue weighted by molar-refractivity contribution is -0.385. The highest BCUT2D eigenvalue weighted by Crippen LogP contribution is 2.26. The van der Waals surface area contributed by atoms with Crippen LogP contribution in [-0.4, -0.2) is 29.6 Å². The summed E-state index contributed by atoms with van der Waals surface area (Å²) in [5, 5.41) is 19.6. The molecule has 0 amide bonds. The molecule has 0 heterocycles. The molecular weight excluding hydrogens is 260 g/mol. The van der Waals surface area contributed by atoms with Gasteiger partial charge in [-0.3, -0.25) is 10.1 Å². The number of nitro benzene ring substituents is 1. The van der Waals surface area contributed by atoms with Gasteiger partial charge in [0.25, 0.3) is 5.69 Å². The van der Waals surface area contributed by atoms with Crippen molar-refractivity contribution in [2.24, 2.45) is 5.92 Å². The van der Waals surface area contributed by atoms with Crippen LogP contribution in [-0.2, 0) is 4.79 Å². The van der Waals surface area contributed by atoms with Gasteiger partial charge in [-0.15, -0.1) is 0 Å². The van der Waals surface area contributed by atoms with E-state index in [0.29, 0.717) is 5.92 Å². The predicted molar refractivity (Wildman–Crippen MR) is 77.9 cm³/mol. The smallest absolute Gasteiger partial charge is 0.328 e. The number of carboxylic acids is 1. The van der Waals surface area contributed by atoms with Gasteiger partial charge in [0, 0.05) is 31.4 Å². The average molecular weight is 278 g/mol. The number of anilines is 1. The van der Waals surface area contributed by atoms with Crippen LogP contribution in [0.5, 0.6) is 0 Å². The van der Waals surface area contributed by atoms with Gasteiger partial charge in [0.15, 0.2) is 0 Å². The summed E-state index contributed by atoms with van der Waals surface area (Å²) in [6.07, 6.45) is 2.14. The number of nitro groups is 1. The Bertz CT molecular complexity index is 538. The molecule has 1 N–H and O–H groups in total. The normalized spacial score (nSPS) is 11.0. The van der Waals surface area contributed by atoms with E-state index in [4.69, 9.17) is 5.11 Å². The minimum absolute atomic E-state index is 0.107. The summed E-state index contributed by atoms with van der Waals surface area (Å²) in [5.74, 6) is -0.687. The zero-order valence-corrected chi connectivity index (χ0v) is 11.7. The summed E-state index contributed by atoms with van der Waals surface area (Å²) in [6, 6.07) is 4.69. The van der Waals surface area contributed by atoms with Crippen molar-refractivity contribution < 1.29 is 14.8 Å². The fraction of sp³-hybridized carbons (Fsp3) is 0.357. The van der Waals surface area contributed by atoms with Crippen LogP contribution in [0.1, 0.15) is 19.4 Å².